The van der Waals surface area contributed by atoms with Gasteiger partial charge in [0.1, 0.15) is 5.82 Å². The Morgan fingerprint density at radius 2 is 2.11 bits per heavy atom. The minimum Gasteiger partial charge on any atom is -0.385 e. The molecule has 0 aliphatic rings. The third-order valence-corrected chi connectivity index (χ3v) is 3.39. The average molecular weight is 266 g/mol. The van der Waals surface area contributed by atoms with E-state index in [0.717, 1.165) is 6.42 Å². The predicted molar refractivity (Wildman–Crippen MR) is 77.0 cm³/mol. The van der Waals surface area contributed by atoms with Crippen LogP contribution in [0.2, 0.25) is 0 Å². The van der Waals surface area contributed by atoms with E-state index >= 15 is 0 Å². The molecule has 1 amide bonds. The van der Waals surface area contributed by atoms with Crippen molar-refractivity contribution in [2.75, 3.05) is 25.5 Å². The van der Waals surface area contributed by atoms with Crippen molar-refractivity contribution >= 4 is 11.6 Å². The number of hydrogen-bond acceptors (Lipinski definition) is 2. The van der Waals surface area contributed by atoms with Crippen molar-refractivity contribution in [3.8, 4) is 0 Å². The second kappa shape index (κ2) is 7.12. The molecule has 0 heterocycles. The Morgan fingerprint density at radius 3 is 2.63 bits per heavy atom. The molecule has 0 spiro atoms. The summed E-state index contributed by atoms with van der Waals surface area (Å²) in [5.41, 5.74) is 0.669. The first-order valence-electron chi connectivity index (χ1n) is 6.80. The minimum atomic E-state index is -0.395. The van der Waals surface area contributed by atoms with Gasteiger partial charge in [-0.3, -0.25) is 4.79 Å². The Balaban J connectivity index is 3.00. The van der Waals surface area contributed by atoms with Gasteiger partial charge in [0.05, 0.1) is 11.3 Å². The van der Waals surface area contributed by atoms with Crippen molar-refractivity contribution in [2.45, 2.75) is 27.2 Å². The number of para-hydroxylation sites is 1. The summed E-state index contributed by atoms with van der Waals surface area (Å²) in [6.45, 7) is 7.48. The highest BCUT2D eigenvalue weighted by atomic mass is 19.1. The van der Waals surface area contributed by atoms with E-state index in [4.69, 9.17) is 0 Å². The second-order valence-corrected chi connectivity index (χ2v) is 4.77. The van der Waals surface area contributed by atoms with Crippen molar-refractivity contribution < 1.29 is 9.18 Å². The van der Waals surface area contributed by atoms with E-state index in [-0.39, 0.29) is 11.6 Å². The summed E-state index contributed by atoms with van der Waals surface area (Å²) in [5.74, 6) is -0.0740. The molecule has 19 heavy (non-hydrogen) atoms. The quantitative estimate of drug-likeness (QED) is 0.856. The normalized spacial score (nSPS) is 12.1. The van der Waals surface area contributed by atoms with Gasteiger partial charge in [0.2, 0.25) is 0 Å². The smallest absolute Gasteiger partial charge is 0.256 e. The molecule has 0 aliphatic carbocycles. The van der Waals surface area contributed by atoms with Crippen molar-refractivity contribution in [3.05, 3.63) is 29.6 Å². The number of rotatable bonds is 6. The lowest BCUT2D eigenvalue weighted by atomic mass is 10.1. The Bertz CT molecular complexity index is 434. The molecule has 0 fully saturated rings. The predicted octanol–water partition coefficient (Wildman–Crippen LogP) is 3.38. The molecule has 4 heteroatoms. The summed E-state index contributed by atoms with van der Waals surface area (Å²) in [5, 5.41) is 2.77. The fourth-order valence-electron chi connectivity index (χ4n) is 1.99. The molecule has 1 aromatic rings. The first-order valence-corrected chi connectivity index (χ1v) is 6.80. The lowest BCUT2D eigenvalue weighted by Crippen LogP contribution is -2.35. The summed E-state index contributed by atoms with van der Waals surface area (Å²) in [6, 6.07) is 4.59. The lowest BCUT2D eigenvalue weighted by molar-refractivity contribution is 0.0741. The largest absolute Gasteiger partial charge is 0.385 e. The minimum absolute atomic E-state index is 0.119. The van der Waals surface area contributed by atoms with E-state index in [2.05, 4.69) is 19.2 Å². The van der Waals surface area contributed by atoms with Gasteiger partial charge in [0.25, 0.3) is 5.91 Å². The highest BCUT2D eigenvalue weighted by Gasteiger charge is 2.20. The van der Waals surface area contributed by atoms with E-state index in [0.29, 0.717) is 24.6 Å². The topological polar surface area (TPSA) is 32.3 Å². The van der Waals surface area contributed by atoms with Crippen LogP contribution in [0.25, 0.3) is 0 Å². The molecule has 106 valence electrons. The van der Waals surface area contributed by atoms with Crippen LogP contribution < -0.4 is 5.32 Å². The van der Waals surface area contributed by atoms with Crippen LogP contribution in [0.4, 0.5) is 10.1 Å². The van der Waals surface area contributed by atoms with Crippen LogP contribution in [-0.4, -0.2) is 30.9 Å². The van der Waals surface area contributed by atoms with Gasteiger partial charge in [0, 0.05) is 20.1 Å². The van der Waals surface area contributed by atoms with E-state index in [9.17, 15) is 9.18 Å². The van der Waals surface area contributed by atoms with E-state index in [1.165, 1.54) is 6.07 Å². The zero-order valence-electron chi connectivity index (χ0n) is 12.2. The van der Waals surface area contributed by atoms with Gasteiger partial charge in [-0.2, -0.15) is 0 Å². The van der Waals surface area contributed by atoms with Gasteiger partial charge in [-0.25, -0.2) is 4.39 Å². The van der Waals surface area contributed by atoms with E-state index in [1.807, 2.05) is 6.92 Å². The SMILES string of the molecule is CCC(C)CN(CC)C(=O)c1cccc(F)c1NC. The zero-order chi connectivity index (χ0) is 14.4. The van der Waals surface area contributed by atoms with Crippen molar-refractivity contribution in [2.24, 2.45) is 5.92 Å². The van der Waals surface area contributed by atoms with E-state index in [1.54, 1.807) is 24.1 Å². The van der Waals surface area contributed by atoms with Crippen LogP contribution in [0, 0.1) is 11.7 Å². The molecule has 1 atom stereocenters. The number of nitrogens with one attached hydrogen (secondary N) is 1. The van der Waals surface area contributed by atoms with Gasteiger partial charge in [-0.1, -0.05) is 26.3 Å². The number of nitrogens with zero attached hydrogens (tertiary/aromatic N) is 1. The third-order valence-electron chi connectivity index (χ3n) is 3.39. The number of carbonyl (C=O) groups excluding carboxylic acids is 1. The van der Waals surface area contributed by atoms with Crippen LogP contribution in [0.3, 0.4) is 0 Å². The monoisotopic (exact) mass is 266 g/mol. The molecule has 1 unspecified atom stereocenters. The molecule has 0 aromatic heterocycles. The maximum atomic E-state index is 13.7. The Hall–Kier alpha value is -1.58. The molecular weight excluding hydrogens is 243 g/mol. The number of amides is 1. The highest BCUT2D eigenvalue weighted by molar-refractivity contribution is 5.99. The average Bonchev–Trinajstić information content (AvgIpc) is 2.43. The maximum Gasteiger partial charge on any atom is 0.256 e. The number of anilines is 1. The van der Waals surface area contributed by atoms with Crippen LogP contribution in [0.5, 0.6) is 0 Å². The van der Waals surface area contributed by atoms with Gasteiger partial charge >= 0.3 is 0 Å². The second-order valence-electron chi connectivity index (χ2n) is 4.77. The molecule has 1 aromatic carbocycles. The third kappa shape index (κ3) is 3.69. The van der Waals surface area contributed by atoms with Crippen LogP contribution in [0.1, 0.15) is 37.6 Å². The number of carbonyl (C=O) groups is 1. The molecule has 1 rings (SSSR count). The molecule has 0 saturated heterocycles. The van der Waals surface area contributed by atoms with Crippen LogP contribution in [0.15, 0.2) is 18.2 Å². The Kier molecular flexibility index (Phi) is 5.80. The highest BCUT2D eigenvalue weighted by Crippen LogP contribution is 2.21. The number of benzene rings is 1. The molecule has 0 radical (unpaired) electrons. The van der Waals surface area contributed by atoms with Gasteiger partial charge < -0.3 is 10.2 Å². The van der Waals surface area contributed by atoms with Crippen molar-refractivity contribution in [1.29, 1.82) is 0 Å². The van der Waals surface area contributed by atoms with Crippen LogP contribution in [-0.2, 0) is 0 Å². The molecule has 1 N–H and O–H groups in total. The summed E-state index contributed by atoms with van der Waals surface area (Å²) in [7, 11) is 1.63. The molecule has 3 nitrogen and oxygen atoms in total. The Morgan fingerprint density at radius 1 is 1.42 bits per heavy atom. The fourth-order valence-corrected chi connectivity index (χ4v) is 1.99. The molecule has 0 aliphatic heterocycles. The summed E-state index contributed by atoms with van der Waals surface area (Å²) in [6.07, 6.45) is 1.02. The number of hydrogen-bond donors (Lipinski definition) is 1. The first-order chi connectivity index (χ1) is 9.04. The summed E-state index contributed by atoms with van der Waals surface area (Å²) >= 11 is 0. The fraction of sp³-hybridized carbons (Fsp3) is 0.533. The van der Waals surface area contributed by atoms with Crippen molar-refractivity contribution in [1.82, 2.24) is 4.90 Å². The molecular formula is C15H23FN2O. The summed E-state index contributed by atoms with van der Waals surface area (Å²) in [4.78, 5) is 14.2. The van der Waals surface area contributed by atoms with Gasteiger partial charge in [-0.05, 0) is 25.0 Å². The van der Waals surface area contributed by atoms with E-state index < -0.39 is 5.82 Å². The summed E-state index contributed by atoms with van der Waals surface area (Å²) < 4.78 is 13.7. The van der Waals surface area contributed by atoms with Gasteiger partial charge in [-0.15, -0.1) is 0 Å². The first kappa shape index (κ1) is 15.5. The van der Waals surface area contributed by atoms with Crippen molar-refractivity contribution in [3.63, 3.8) is 0 Å². The van der Waals surface area contributed by atoms with Crippen LogP contribution >= 0.6 is 0 Å². The Labute approximate surface area is 114 Å². The lowest BCUT2D eigenvalue weighted by Gasteiger charge is -2.25. The molecule has 0 bridgehead atoms. The van der Waals surface area contributed by atoms with Gasteiger partial charge in [0.15, 0.2) is 0 Å². The standard InChI is InChI=1S/C15H23FN2O/c1-5-11(3)10-18(6-2)15(19)12-8-7-9-13(16)14(12)17-4/h7-9,11,17H,5-6,10H2,1-4H3. The maximum absolute atomic E-state index is 13.7. The molecule has 0 saturated carbocycles. The zero-order valence-corrected chi connectivity index (χ0v) is 12.2. The number of halogens is 1.